The molecule has 2 fully saturated rings. The van der Waals surface area contributed by atoms with Gasteiger partial charge in [-0.2, -0.15) is 13.2 Å². The normalized spacial score (nSPS) is 20.4. The molecule has 0 aromatic carbocycles. The van der Waals surface area contributed by atoms with Gasteiger partial charge in [-0.3, -0.25) is 4.79 Å². The number of alkyl halides is 3. The number of halogens is 3. The van der Waals surface area contributed by atoms with Gasteiger partial charge in [0.15, 0.2) is 6.61 Å². The number of anilines is 1. The summed E-state index contributed by atoms with van der Waals surface area (Å²) in [5.41, 5.74) is -0.858. The van der Waals surface area contributed by atoms with Gasteiger partial charge < -0.3 is 24.7 Å². The van der Waals surface area contributed by atoms with Crippen LogP contribution < -0.4 is 10.2 Å². The molecule has 2 heterocycles. The van der Waals surface area contributed by atoms with Gasteiger partial charge in [-0.05, 0) is 40.0 Å². The third-order valence-corrected chi connectivity index (χ3v) is 5.27. The van der Waals surface area contributed by atoms with Crippen molar-refractivity contribution < 1.29 is 32.3 Å². The van der Waals surface area contributed by atoms with Gasteiger partial charge in [0.2, 0.25) is 5.95 Å². The van der Waals surface area contributed by atoms with E-state index in [1.165, 1.54) is 0 Å². The Morgan fingerprint density at radius 2 is 1.79 bits per heavy atom. The second-order valence-corrected chi connectivity index (χ2v) is 9.08. The van der Waals surface area contributed by atoms with E-state index in [-0.39, 0.29) is 24.5 Å². The number of hydrogen-bond donors (Lipinski definition) is 1. The fourth-order valence-corrected chi connectivity index (χ4v) is 3.59. The van der Waals surface area contributed by atoms with Crippen LogP contribution in [0, 0.1) is 0 Å². The lowest BCUT2D eigenvalue weighted by molar-refractivity contribution is -0.138. The van der Waals surface area contributed by atoms with Crippen LogP contribution >= 0.6 is 0 Å². The van der Waals surface area contributed by atoms with Crippen molar-refractivity contribution in [2.24, 2.45) is 5.16 Å². The van der Waals surface area contributed by atoms with E-state index in [9.17, 15) is 22.8 Å². The van der Waals surface area contributed by atoms with E-state index in [0.29, 0.717) is 44.7 Å². The topological polar surface area (TPSA) is 109 Å². The van der Waals surface area contributed by atoms with E-state index < -0.39 is 23.4 Å². The van der Waals surface area contributed by atoms with Crippen molar-refractivity contribution in [3.05, 3.63) is 18.0 Å². The summed E-state index contributed by atoms with van der Waals surface area (Å²) in [5, 5.41) is 6.83. The molecule has 3 rings (SSSR count). The average Bonchev–Trinajstić information content (AvgIpc) is 3.18. The Hall–Kier alpha value is -3.12. The maximum atomic E-state index is 12.7. The fourth-order valence-electron chi connectivity index (χ4n) is 3.59. The highest BCUT2D eigenvalue weighted by molar-refractivity contribution is 5.93. The van der Waals surface area contributed by atoms with Crippen molar-refractivity contribution in [2.45, 2.75) is 57.9 Å². The summed E-state index contributed by atoms with van der Waals surface area (Å²) >= 11 is 0. The summed E-state index contributed by atoms with van der Waals surface area (Å²) in [6.45, 7) is 6.56. The van der Waals surface area contributed by atoms with Crippen LogP contribution in [0.15, 0.2) is 17.5 Å². The minimum absolute atomic E-state index is 0.188. The Morgan fingerprint density at radius 3 is 2.38 bits per heavy atom. The molecule has 1 aliphatic carbocycles. The summed E-state index contributed by atoms with van der Waals surface area (Å²) in [6.07, 6.45) is -1.31. The Bertz CT molecular complexity index is 893. The first-order chi connectivity index (χ1) is 15.9. The maximum Gasteiger partial charge on any atom is 0.419 e. The lowest BCUT2D eigenvalue weighted by atomic mass is 10.2. The van der Waals surface area contributed by atoms with Crippen LogP contribution in [0.2, 0.25) is 0 Å². The molecular weight excluding hydrogens is 457 g/mol. The monoisotopic (exact) mass is 486 g/mol. The molecule has 188 valence electrons. The minimum atomic E-state index is -4.49. The number of carbonyl (C=O) groups excluding carboxylic acids is 2. The molecule has 0 spiro atoms. The van der Waals surface area contributed by atoms with Crippen molar-refractivity contribution in [1.29, 1.82) is 0 Å². The highest BCUT2D eigenvalue weighted by Gasteiger charge is 2.32. The Morgan fingerprint density at radius 1 is 1.15 bits per heavy atom. The van der Waals surface area contributed by atoms with Gasteiger partial charge in [-0.1, -0.05) is 5.16 Å². The van der Waals surface area contributed by atoms with Crippen LogP contribution in [-0.2, 0) is 20.5 Å². The summed E-state index contributed by atoms with van der Waals surface area (Å²) in [4.78, 5) is 40.6. The van der Waals surface area contributed by atoms with E-state index in [0.717, 1.165) is 18.8 Å². The fraction of sp³-hybridized carbons (Fsp3) is 0.667. The van der Waals surface area contributed by atoms with E-state index in [1.807, 2.05) is 0 Å². The van der Waals surface area contributed by atoms with Gasteiger partial charge >= 0.3 is 12.3 Å². The average molecular weight is 486 g/mol. The molecular formula is C21H29F3N6O4. The molecule has 2 amide bonds. The minimum Gasteiger partial charge on any atom is -0.444 e. The lowest BCUT2D eigenvalue weighted by Gasteiger charge is -2.34. The van der Waals surface area contributed by atoms with Gasteiger partial charge in [0.25, 0.3) is 5.91 Å². The molecule has 13 heteroatoms. The van der Waals surface area contributed by atoms with Crippen LogP contribution in [0.4, 0.5) is 23.9 Å². The molecule has 1 saturated carbocycles. The van der Waals surface area contributed by atoms with Crippen molar-refractivity contribution in [1.82, 2.24) is 20.2 Å². The number of alkyl carbamates (subject to hydrolysis) is 1. The number of piperazine rings is 1. The van der Waals surface area contributed by atoms with Crippen LogP contribution in [0.1, 0.15) is 45.6 Å². The Labute approximate surface area is 195 Å². The lowest BCUT2D eigenvalue weighted by Crippen LogP contribution is -2.50. The van der Waals surface area contributed by atoms with Crippen molar-refractivity contribution >= 4 is 23.7 Å². The summed E-state index contributed by atoms with van der Waals surface area (Å²) in [5.74, 6) is -0.0699. The summed E-state index contributed by atoms with van der Waals surface area (Å²) < 4.78 is 43.2. The zero-order valence-corrected chi connectivity index (χ0v) is 19.4. The molecule has 1 aromatic heterocycles. The first-order valence-electron chi connectivity index (χ1n) is 11.0. The SMILES string of the molecule is CC(C)(C)OC(=O)NC1CCCC1=NOCC(=O)N1CCN(c2ncc(C(F)(F)F)cn2)CC1. The van der Waals surface area contributed by atoms with Crippen molar-refractivity contribution in [3.63, 3.8) is 0 Å². The third kappa shape index (κ3) is 7.19. The third-order valence-electron chi connectivity index (χ3n) is 5.27. The van der Waals surface area contributed by atoms with Gasteiger partial charge in [-0.15, -0.1) is 0 Å². The first-order valence-corrected chi connectivity index (χ1v) is 11.0. The second kappa shape index (κ2) is 10.4. The predicted molar refractivity (Wildman–Crippen MR) is 116 cm³/mol. The number of hydrogen-bond acceptors (Lipinski definition) is 8. The molecule has 1 saturated heterocycles. The molecule has 0 radical (unpaired) electrons. The van der Waals surface area contributed by atoms with Crippen LogP contribution in [0.25, 0.3) is 0 Å². The quantitative estimate of drug-likeness (QED) is 0.637. The molecule has 1 atom stereocenters. The number of rotatable bonds is 5. The van der Waals surface area contributed by atoms with Gasteiger partial charge in [0, 0.05) is 38.6 Å². The number of nitrogens with zero attached hydrogens (tertiary/aromatic N) is 5. The van der Waals surface area contributed by atoms with Crippen molar-refractivity contribution in [3.8, 4) is 0 Å². The highest BCUT2D eigenvalue weighted by Crippen LogP contribution is 2.28. The Balaban J connectivity index is 1.43. The summed E-state index contributed by atoms with van der Waals surface area (Å²) in [7, 11) is 0. The van der Waals surface area contributed by atoms with Gasteiger partial charge in [-0.25, -0.2) is 14.8 Å². The molecule has 1 unspecified atom stereocenters. The van der Waals surface area contributed by atoms with Crippen LogP contribution in [0.3, 0.4) is 0 Å². The van der Waals surface area contributed by atoms with E-state index >= 15 is 0 Å². The zero-order chi connectivity index (χ0) is 24.9. The smallest absolute Gasteiger partial charge is 0.419 e. The highest BCUT2D eigenvalue weighted by atomic mass is 19.4. The molecule has 10 nitrogen and oxygen atoms in total. The number of nitrogens with one attached hydrogen (secondary N) is 1. The molecule has 34 heavy (non-hydrogen) atoms. The van der Waals surface area contributed by atoms with Crippen LogP contribution in [0.5, 0.6) is 0 Å². The second-order valence-electron chi connectivity index (χ2n) is 9.08. The van der Waals surface area contributed by atoms with Crippen LogP contribution in [-0.4, -0.2) is 77.0 Å². The van der Waals surface area contributed by atoms with E-state index in [1.54, 1.807) is 30.6 Å². The summed E-state index contributed by atoms with van der Waals surface area (Å²) in [6, 6.07) is -0.294. The zero-order valence-electron chi connectivity index (χ0n) is 19.4. The number of ether oxygens (including phenoxy) is 1. The Kier molecular flexibility index (Phi) is 7.82. The number of carbonyl (C=O) groups is 2. The van der Waals surface area contributed by atoms with Crippen molar-refractivity contribution in [2.75, 3.05) is 37.7 Å². The van der Waals surface area contributed by atoms with E-state index in [4.69, 9.17) is 9.57 Å². The maximum absolute atomic E-state index is 12.7. The molecule has 2 aliphatic rings. The molecule has 1 N–H and O–H groups in total. The van der Waals surface area contributed by atoms with Gasteiger partial charge in [0.1, 0.15) is 5.60 Å². The number of amides is 2. The van der Waals surface area contributed by atoms with E-state index in [2.05, 4.69) is 20.4 Å². The predicted octanol–water partition coefficient (Wildman–Crippen LogP) is 2.59. The number of aromatic nitrogens is 2. The molecule has 1 aromatic rings. The molecule has 1 aliphatic heterocycles. The standard InChI is InChI=1S/C21H29F3N6O4/c1-20(2,3)34-19(32)27-15-5-4-6-16(15)28-33-13-17(31)29-7-9-30(10-8-29)18-25-11-14(12-26-18)21(22,23)24/h11-12,15H,4-10,13H2,1-3H3,(H,27,32). The number of oxime groups is 1. The first kappa shape index (κ1) is 25.5. The molecule has 0 bridgehead atoms. The van der Waals surface area contributed by atoms with Gasteiger partial charge in [0.05, 0.1) is 17.3 Å². The largest absolute Gasteiger partial charge is 0.444 e.